The maximum absolute atomic E-state index is 11.4. The van der Waals surface area contributed by atoms with Gasteiger partial charge in [0.2, 0.25) is 0 Å². The van der Waals surface area contributed by atoms with Crippen molar-refractivity contribution < 1.29 is 9.21 Å². The second-order valence-corrected chi connectivity index (χ2v) is 4.69. The summed E-state index contributed by atoms with van der Waals surface area (Å²) >= 11 is 0. The highest BCUT2D eigenvalue weighted by molar-refractivity contribution is 5.95. The topological polar surface area (TPSA) is 30.2 Å². The van der Waals surface area contributed by atoms with Gasteiger partial charge in [0.25, 0.3) is 0 Å². The molecule has 0 saturated carbocycles. The molecule has 3 aromatic rings. The van der Waals surface area contributed by atoms with E-state index in [1.165, 1.54) is 0 Å². The van der Waals surface area contributed by atoms with Crippen LogP contribution in [0, 0.1) is 0 Å². The molecule has 1 aromatic heterocycles. The Bertz CT molecular complexity index is 722. The maximum Gasteiger partial charge on any atom is 0.159 e. The monoisotopic (exact) mass is 262 g/mol. The highest BCUT2D eigenvalue weighted by Crippen LogP contribution is 2.25. The van der Waals surface area contributed by atoms with Crippen molar-refractivity contribution in [2.75, 3.05) is 0 Å². The van der Waals surface area contributed by atoms with Gasteiger partial charge in [0, 0.05) is 11.1 Å². The highest BCUT2D eigenvalue weighted by atomic mass is 16.3. The third-order valence-electron chi connectivity index (χ3n) is 3.29. The van der Waals surface area contributed by atoms with E-state index in [1.807, 2.05) is 60.7 Å². The summed E-state index contributed by atoms with van der Waals surface area (Å²) in [5, 5.41) is 0. The van der Waals surface area contributed by atoms with E-state index >= 15 is 0 Å². The number of carbonyl (C=O) groups excluding carboxylic acids is 1. The molecule has 0 amide bonds. The SMILES string of the molecule is CC(=O)c1cccc(-c2ccc(-c3ccco3)cc2)c1. The van der Waals surface area contributed by atoms with E-state index in [2.05, 4.69) is 0 Å². The van der Waals surface area contributed by atoms with Crippen LogP contribution < -0.4 is 0 Å². The van der Waals surface area contributed by atoms with Gasteiger partial charge in [-0.25, -0.2) is 0 Å². The van der Waals surface area contributed by atoms with E-state index in [4.69, 9.17) is 4.42 Å². The van der Waals surface area contributed by atoms with Gasteiger partial charge in [0.15, 0.2) is 5.78 Å². The first-order chi connectivity index (χ1) is 9.74. The average molecular weight is 262 g/mol. The van der Waals surface area contributed by atoms with E-state index in [0.717, 1.165) is 28.0 Å². The minimum absolute atomic E-state index is 0.0825. The molecule has 0 radical (unpaired) electrons. The molecule has 1 heterocycles. The Morgan fingerprint density at radius 3 is 2.25 bits per heavy atom. The minimum Gasteiger partial charge on any atom is -0.464 e. The van der Waals surface area contributed by atoms with Gasteiger partial charge in [-0.1, -0.05) is 42.5 Å². The van der Waals surface area contributed by atoms with Crippen LogP contribution in [0.2, 0.25) is 0 Å². The van der Waals surface area contributed by atoms with Gasteiger partial charge < -0.3 is 4.42 Å². The molecule has 0 N–H and O–H groups in total. The second kappa shape index (κ2) is 5.17. The fourth-order valence-corrected chi connectivity index (χ4v) is 2.19. The largest absolute Gasteiger partial charge is 0.464 e. The summed E-state index contributed by atoms with van der Waals surface area (Å²) in [7, 11) is 0. The van der Waals surface area contributed by atoms with Crippen molar-refractivity contribution in [1.82, 2.24) is 0 Å². The molecular weight excluding hydrogens is 248 g/mol. The van der Waals surface area contributed by atoms with Gasteiger partial charge in [0.05, 0.1) is 6.26 Å². The molecule has 2 aromatic carbocycles. The second-order valence-electron chi connectivity index (χ2n) is 4.69. The molecular formula is C18H14O2. The Labute approximate surface area is 117 Å². The molecule has 20 heavy (non-hydrogen) atoms. The lowest BCUT2D eigenvalue weighted by molar-refractivity contribution is 0.101. The van der Waals surface area contributed by atoms with Gasteiger partial charge >= 0.3 is 0 Å². The van der Waals surface area contributed by atoms with Crippen LogP contribution in [0.4, 0.5) is 0 Å². The molecule has 98 valence electrons. The lowest BCUT2D eigenvalue weighted by atomic mass is 10.0. The minimum atomic E-state index is 0.0825. The molecule has 3 rings (SSSR count). The third kappa shape index (κ3) is 2.41. The molecule has 0 aliphatic carbocycles. The van der Waals surface area contributed by atoms with Crippen molar-refractivity contribution in [3.8, 4) is 22.5 Å². The Balaban J connectivity index is 1.95. The summed E-state index contributed by atoms with van der Waals surface area (Å²) in [4.78, 5) is 11.4. The molecule has 0 bridgehead atoms. The predicted molar refractivity (Wildman–Crippen MR) is 79.6 cm³/mol. The Kier molecular flexibility index (Phi) is 3.21. The van der Waals surface area contributed by atoms with Crippen LogP contribution in [0.3, 0.4) is 0 Å². The Hall–Kier alpha value is -2.61. The number of benzene rings is 2. The molecule has 0 fully saturated rings. The molecule has 0 unspecified atom stereocenters. The Morgan fingerprint density at radius 1 is 0.850 bits per heavy atom. The normalized spacial score (nSPS) is 10.4. The summed E-state index contributed by atoms with van der Waals surface area (Å²) in [5.41, 5.74) is 3.91. The number of hydrogen-bond acceptors (Lipinski definition) is 2. The standard InChI is InChI=1S/C18H14O2/c1-13(19)16-4-2-5-17(12-16)14-7-9-15(10-8-14)18-6-3-11-20-18/h2-12H,1H3. The molecule has 0 aliphatic rings. The number of ketones is 1. The van der Waals surface area contributed by atoms with Crippen LogP contribution in [0.5, 0.6) is 0 Å². The fraction of sp³-hybridized carbons (Fsp3) is 0.0556. The van der Waals surface area contributed by atoms with E-state index < -0.39 is 0 Å². The van der Waals surface area contributed by atoms with Crippen molar-refractivity contribution >= 4 is 5.78 Å². The molecule has 0 atom stereocenters. The van der Waals surface area contributed by atoms with Crippen molar-refractivity contribution in [3.05, 3.63) is 72.5 Å². The van der Waals surface area contributed by atoms with E-state index in [0.29, 0.717) is 0 Å². The Morgan fingerprint density at radius 2 is 1.60 bits per heavy atom. The average Bonchev–Trinajstić information content (AvgIpc) is 3.02. The van der Waals surface area contributed by atoms with Gasteiger partial charge in [-0.05, 0) is 36.2 Å². The van der Waals surface area contributed by atoms with E-state index in [1.54, 1.807) is 13.2 Å². The molecule has 2 nitrogen and oxygen atoms in total. The number of Topliss-reactive ketones (excluding diaryl/α,β-unsaturated/α-hetero) is 1. The van der Waals surface area contributed by atoms with Gasteiger partial charge in [-0.2, -0.15) is 0 Å². The summed E-state index contributed by atoms with van der Waals surface area (Å²) in [6.07, 6.45) is 1.67. The summed E-state index contributed by atoms with van der Waals surface area (Å²) in [6, 6.07) is 19.6. The highest BCUT2D eigenvalue weighted by Gasteiger charge is 2.04. The quantitative estimate of drug-likeness (QED) is 0.634. The number of rotatable bonds is 3. The van der Waals surface area contributed by atoms with Crippen LogP contribution in [-0.2, 0) is 0 Å². The van der Waals surface area contributed by atoms with Gasteiger partial charge in [-0.15, -0.1) is 0 Å². The van der Waals surface area contributed by atoms with Crippen LogP contribution >= 0.6 is 0 Å². The zero-order chi connectivity index (χ0) is 13.9. The summed E-state index contributed by atoms with van der Waals surface area (Å²) in [6.45, 7) is 1.58. The van der Waals surface area contributed by atoms with Crippen molar-refractivity contribution in [2.45, 2.75) is 6.92 Å². The smallest absolute Gasteiger partial charge is 0.159 e. The number of carbonyl (C=O) groups is 1. The van der Waals surface area contributed by atoms with Crippen molar-refractivity contribution in [3.63, 3.8) is 0 Å². The molecule has 2 heteroatoms. The third-order valence-corrected chi connectivity index (χ3v) is 3.29. The summed E-state index contributed by atoms with van der Waals surface area (Å²) < 4.78 is 5.37. The zero-order valence-electron chi connectivity index (χ0n) is 11.2. The maximum atomic E-state index is 11.4. The first-order valence-electron chi connectivity index (χ1n) is 6.49. The van der Waals surface area contributed by atoms with Crippen LogP contribution in [0.25, 0.3) is 22.5 Å². The first-order valence-corrected chi connectivity index (χ1v) is 6.49. The number of furan rings is 1. The van der Waals surface area contributed by atoms with Crippen LogP contribution in [-0.4, -0.2) is 5.78 Å². The van der Waals surface area contributed by atoms with Crippen LogP contribution in [0.1, 0.15) is 17.3 Å². The molecule has 0 saturated heterocycles. The van der Waals surface area contributed by atoms with Gasteiger partial charge in [-0.3, -0.25) is 4.79 Å². The van der Waals surface area contributed by atoms with Gasteiger partial charge in [0.1, 0.15) is 5.76 Å². The molecule has 0 aliphatic heterocycles. The first kappa shape index (κ1) is 12.4. The van der Waals surface area contributed by atoms with Crippen molar-refractivity contribution in [2.24, 2.45) is 0 Å². The van der Waals surface area contributed by atoms with Crippen LogP contribution in [0.15, 0.2) is 71.3 Å². The summed E-state index contributed by atoms with van der Waals surface area (Å²) in [5.74, 6) is 0.938. The van der Waals surface area contributed by atoms with E-state index in [9.17, 15) is 4.79 Å². The van der Waals surface area contributed by atoms with Crippen molar-refractivity contribution in [1.29, 1.82) is 0 Å². The lowest BCUT2D eigenvalue weighted by Crippen LogP contribution is -1.91. The van der Waals surface area contributed by atoms with E-state index in [-0.39, 0.29) is 5.78 Å². The lowest BCUT2D eigenvalue weighted by Gasteiger charge is -2.05. The zero-order valence-corrected chi connectivity index (χ0v) is 11.2. The predicted octanol–water partition coefficient (Wildman–Crippen LogP) is 4.82. The fourth-order valence-electron chi connectivity index (χ4n) is 2.19. The number of hydrogen-bond donors (Lipinski definition) is 0. The molecule has 0 spiro atoms.